The zero-order chi connectivity index (χ0) is 22.1. The molecule has 0 spiro atoms. The highest BCUT2D eigenvalue weighted by Crippen LogP contribution is 2.27. The van der Waals surface area contributed by atoms with E-state index >= 15 is 0 Å². The maximum absolute atomic E-state index is 13.8. The summed E-state index contributed by atoms with van der Waals surface area (Å²) < 4.78 is 15.6. The second-order valence-electron chi connectivity index (χ2n) is 7.12. The maximum Gasteiger partial charge on any atom is 0.262 e. The van der Waals surface area contributed by atoms with E-state index in [0.717, 1.165) is 20.8 Å². The molecule has 0 fully saturated rings. The van der Waals surface area contributed by atoms with Gasteiger partial charge in [-0.2, -0.15) is 5.10 Å². The Kier molecular flexibility index (Phi) is 5.84. The van der Waals surface area contributed by atoms with Crippen molar-refractivity contribution in [3.05, 3.63) is 63.4 Å². The number of fused-ring (bicyclic) bond motifs is 1. The van der Waals surface area contributed by atoms with Gasteiger partial charge in [-0.1, -0.05) is 18.2 Å². The van der Waals surface area contributed by atoms with Crippen molar-refractivity contribution in [3.63, 3.8) is 0 Å². The van der Waals surface area contributed by atoms with Crippen LogP contribution in [0.25, 0.3) is 10.2 Å². The van der Waals surface area contributed by atoms with Gasteiger partial charge < -0.3 is 10.6 Å². The fourth-order valence-corrected chi connectivity index (χ4v) is 5.01. The Bertz CT molecular complexity index is 1240. The number of hydrogen-bond acceptors (Lipinski definition) is 6. The number of thiazole rings is 1. The quantitative estimate of drug-likeness (QED) is 0.460. The summed E-state index contributed by atoms with van der Waals surface area (Å²) in [5.41, 5.74) is 1.42. The van der Waals surface area contributed by atoms with Crippen molar-refractivity contribution >= 4 is 49.8 Å². The molecular formula is C21H20FN5O2S2. The van der Waals surface area contributed by atoms with E-state index in [1.165, 1.54) is 28.7 Å². The van der Waals surface area contributed by atoms with Gasteiger partial charge in [-0.25, -0.2) is 9.37 Å². The fraction of sp³-hybridized carbons (Fsp3) is 0.238. The Morgan fingerprint density at radius 2 is 2.03 bits per heavy atom. The molecule has 4 aromatic rings. The van der Waals surface area contributed by atoms with E-state index in [1.807, 2.05) is 14.0 Å². The SMILES string of the molecule is Cc1nn(C)c2sc(C(=O)NC(C)C(=O)Nc3ncc(Cc4ccccc4F)s3)cc12. The van der Waals surface area contributed by atoms with E-state index < -0.39 is 6.04 Å². The first-order valence-electron chi connectivity index (χ1n) is 9.55. The van der Waals surface area contributed by atoms with E-state index in [-0.39, 0.29) is 17.6 Å². The molecule has 0 radical (unpaired) electrons. The molecule has 0 saturated heterocycles. The third-order valence-corrected chi connectivity index (χ3v) is 6.88. The molecule has 2 N–H and O–H groups in total. The van der Waals surface area contributed by atoms with Gasteiger partial charge in [-0.05, 0) is 31.5 Å². The lowest BCUT2D eigenvalue weighted by atomic mass is 10.1. The fourth-order valence-electron chi connectivity index (χ4n) is 3.14. The number of anilines is 1. The molecule has 4 rings (SSSR count). The monoisotopic (exact) mass is 457 g/mol. The summed E-state index contributed by atoms with van der Waals surface area (Å²) in [5, 5.41) is 11.1. The van der Waals surface area contributed by atoms with Crippen LogP contribution in [0.3, 0.4) is 0 Å². The number of aryl methyl sites for hydroxylation is 2. The minimum Gasteiger partial charge on any atom is -0.340 e. The van der Waals surface area contributed by atoms with Gasteiger partial charge in [-0.3, -0.25) is 14.3 Å². The van der Waals surface area contributed by atoms with Gasteiger partial charge in [0.2, 0.25) is 5.91 Å². The molecule has 0 aliphatic carbocycles. The number of benzene rings is 1. The molecule has 0 aliphatic heterocycles. The van der Waals surface area contributed by atoms with Crippen molar-refractivity contribution in [2.45, 2.75) is 26.3 Å². The van der Waals surface area contributed by atoms with Crippen molar-refractivity contribution in [3.8, 4) is 0 Å². The van der Waals surface area contributed by atoms with Gasteiger partial charge in [0.1, 0.15) is 16.7 Å². The summed E-state index contributed by atoms with van der Waals surface area (Å²) in [6.45, 7) is 3.50. The van der Waals surface area contributed by atoms with Gasteiger partial charge in [0.15, 0.2) is 5.13 Å². The van der Waals surface area contributed by atoms with E-state index in [9.17, 15) is 14.0 Å². The van der Waals surface area contributed by atoms with Crippen molar-refractivity contribution in [1.29, 1.82) is 0 Å². The summed E-state index contributed by atoms with van der Waals surface area (Å²) in [6, 6.07) is 7.59. The molecule has 10 heteroatoms. The number of carbonyl (C=O) groups excluding carboxylic acids is 2. The van der Waals surface area contributed by atoms with E-state index in [1.54, 1.807) is 42.1 Å². The zero-order valence-electron chi connectivity index (χ0n) is 17.1. The highest BCUT2D eigenvalue weighted by molar-refractivity contribution is 7.20. The third kappa shape index (κ3) is 4.49. The first-order valence-corrected chi connectivity index (χ1v) is 11.2. The van der Waals surface area contributed by atoms with Crippen molar-refractivity contribution in [2.24, 2.45) is 7.05 Å². The Hall–Kier alpha value is -3.11. The van der Waals surface area contributed by atoms with Crippen molar-refractivity contribution < 1.29 is 14.0 Å². The van der Waals surface area contributed by atoms with Crippen LogP contribution in [-0.2, 0) is 18.3 Å². The first kappa shape index (κ1) is 21.1. The number of hydrogen-bond donors (Lipinski definition) is 2. The lowest BCUT2D eigenvalue weighted by molar-refractivity contribution is -0.117. The van der Waals surface area contributed by atoms with Gasteiger partial charge >= 0.3 is 0 Å². The van der Waals surface area contributed by atoms with Crippen LogP contribution in [-0.4, -0.2) is 32.6 Å². The standard InChI is InChI=1S/C21H20FN5O2S2/c1-11-15-9-17(31-20(15)27(3)26-11)19(29)24-12(2)18(28)25-21-23-10-14(30-21)8-13-6-4-5-7-16(13)22/h4-7,9-10,12H,8H2,1-3H3,(H,24,29)(H,23,25,28). The highest BCUT2D eigenvalue weighted by Gasteiger charge is 2.21. The number of amides is 2. The van der Waals surface area contributed by atoms with Crippen molar-refractivity contribution in [2.75, 3.05) is 5.32 Å². The normalized spacial score (nSPS) is 12.1. The predicted octanol–water partition coefficient (Wildman–Crippen LogP) is 3.89. The summed E-state index contributed by atoms with van der Waals surface area (Å²) >= 11 is 2.61. The number of carbonyl (C=O) groups is 2. The Balaban J connectivity index is 1.37. The molecule has 1 aromatic carbocycles. The average Bonchev–Trinajstić information content (AvgIpc) is 3.42. The van der Waals surface area contributed by atoms with Gasteiger partial charge in [0, 0.05) is 29.9 Å². The minimum atomic E-state index is -0.754. The molecule has 0 aliphatic rings. The largest absolute Gasteiger partial charge is 0.340 e. The van der Waals surface area contributed by atoms with Gasteiger partial charge in [0.05, 0.1) is 10.6 Å². The van der Waals surface area contributed by atoms with Gasteiger partial charge in [0.25, 0.3) is 5.91 Å². The maximum atomic E-state index is 13.8. The Morgan fingerprint density at radius 1 is 1.26 bits per heavy atom. The molecule has 0 bridgehead atoms. The Labute approximate surface area is 185 Å². The molecule has 3 heterocycles. The number of rotatable bonds is 6. The molecular weight excluding hydrogens is 437 g/mol. The van der Waals surface area contributed by atoms with E-state index in [0.29, 0.717) is 22.0 Å². The number of thiophene rings is 1. The molecule has 1 atom stereocenters. The summed E-state index contributed by atoms with van der Waals surface area (Å²) in [6.07, 6.45) is 2.01. The van der Waals surface area contributed by atoms with Crippen molar-refractivity contribution in [1.82, 2.24) is 20.1 Å². The predicted molar refractivity (Wildman–Crippen MR) is 120 cm³/mol. The molecule has 0 saturated carbocycles. The lowest BCUT2D eigenvalue weighted by Gasteiger charge is -2.12. The molecule has 31 heavy (non-hydrogen) atoms. The lowest BCUT2D eigenvalue weighted by Crippen LogP contribution is -2.41. The van der Waals surface area contributed by atoms with Crippen LogP contribution in [0.5, 0.6) is 0 Å². The average molecular weight is 458 g/mol. The number of nitrogens with one attached hydrogen (secondary N) is 2. The molecule has 160 valence electrons. The zero-order valence-corrected chi connectivity index (χ0v) is 18.7. The Morgan fingerprint density at radius 3 is 2.77 bits per heavy atom. The van der Waals surface area contributed by atoms with Crippen LogP contribution in [0.2, 0.25) is 0 Å². The molecule has 3 aromatic heterocycles. The number of halogens is 1. The van der Waals surface area contributed by atoms with Crippen LogP contribution < -0.4 is 10.6 Å². The van der Waals surface area contributed by atoms with E-state index in [4.69, 9.17) is 0 Å². The second kappa shape index (κ2) is 8.56. The van der Waals surface area contributed by atoms with Crippen LogP contribution >= 0.6 is 22.7 Å². The smallest absolute Gasteiger partial charge is 0.262 e. The molecule has 7 nitrogen and oxygen atoms in total. The van der Waals surface area contributed by atoms with Crippen LogP contribution in [0.15, 0.2) is 36.5 Å². The first-order chi connectivity index (χ1) is 14.8. The number of nitrogens with zero attached hydrogens (tertiary/aromatic N) is 3. The number of aromatic nitrogens is 3. The second-order valence-corrected chi connectivity index (χ2v) is 9.27. The summed E-state index contributed by atoms with van der Waals surface area (Å²) in [5.74, 6) is -0.966. The molecule has 1 unspecified atom stereocenters. The topological polar surface area (TPSA) is 88.9 Å². The highest BCUT2D eigenvalue weighted by atomic mass is 32.1. The van der Waals surface area contributed by atoms with Crippen LogP contribution in [0, 0.1) is 12.7 Å². The summed E-state index contributed by atoms with van der Waals surface area (Å²) in [4.78, 5) is 31.5. The van der Waals surface area contributed by atoms with Crippen LogP contribution in [0.4, 0.5) is 9.52 Å². The summed E-state index contributed by atoms with van der Waals surface area (Å²) in [7, 11) is 1.83. The van der Waals surface area contributed by atoms with Gasteiger partial charge in [-0.15, -0.1) is 22.7 Å². The minimum absolute atomic E-state index is 0.273. The van der Waals surface area contributed by atoms with E-state index in [2.05, 4.69) is 20.7 Å². The third-order valence-electron chi connectivity index (χ3n) is 4.77. The molecule has 2 amide bonds. The van der Waals surface area contributed by atoms with Crippen LogP contribution in [0.1, 0.15) is 32.7 Å².